The van der Waals surface area contributed by atoms with E-state index in [-0.39, 0.29) is 35.5 Å². The van der Waals surface area contributed by atoms with E-state index in [1.165, 1.54) is 0 Å². The highest BCUT2D eigenvalue weighted by atomic mass is 79.9. The quantitative estimate of drug-likeness (QED) is 0.622. The summed E-state index contributed by atoms with van der Waals surface area (Å²) in [4.78, 5) is 39.4. The van der Waals surface area contributed by atoms with Gasteiger partial charge in [0, 0.05) is 10.2 Å². The van der Waals surface area contributed by atoms with Crippen LogP contribution in [0.2, 0.25) is 0 Å². The molecule has 124 valence electrons. The summed E-state index contributed by atoms with van der Waals surface area (Å²) in [5, 5.41) is 8.94. The Balaban J connectivity index is 1.43. The van der Waals surface area contributed by atoms with Crippen LogP contribution in [-0.2, 0) is 14.4 Å². The average Bonchev–Trinajstić information content (AvgIpc) is 2.90. The Morgan fingerprint density at radius 3 is 2.12 bits per heavy atom. The molecule has 0 spiro atoms. The van der Waals surface area contributed by atoms with Crippen LogP contribution in [0.4, 0.5) is 5.69 Å². The Labute approximate surface area is 146 Å². The highest BCUT2D eigenvalue weighted by Gasteiger charge is 2.75. The van der Waals surface area contributed by atoms with E-state index in [4.69, 9.17) is 5.11 Å². The Morgan fingerprint density at radius 2 is 1.62 bits per heavy atom. The lowest BCUT2D eigenvalue weighted by atomic mass is 9.81. The van der Waals surface area contributed by atoms with Crippen molar-refractivity contribution >= 4 is 39.4 Å². The van der Waals surface area contributed by atoms with E-state index in [2.05, 4.69) is 33.0 Å². The molecule has 2 saturated carbocycles. The smallest absolute Gasteiger partial charge is 0.323 e. The number of carboxylic acid groups (broad SMARTS) is 1. The van der Waals surface area contributed by atoms with Crippen molar-refractivity contribution < 1.29 is 19.5 Å². The number of nitrogens with zero attached hydrogens (tertiary/aromatic N) is 2. The summed E-state index contributed by atoms with van der Waals surface area (Å²) in [6.45, 7) is -0.504. The first-order valence-corrected chi connectivity index (χ1v) is 8.89. The number of carboxylic acids is 1. The normalized spacial score (nSPS) is 38.5. The number of rotatable bonds is 3. The summed E-state index contributed by atoms with van der Waals surface area (Å²) in [5.74, 6) is -1.98. The van der Waals surface area contributed by atoms with Crippen molar-refractivity contribution in [2.24, 2.45) is 23.7 Å². The minimum Gasteiger partial charge on any atom is -0.480 e. The number of piperidine rings is 1. The van der Waals surface area contributed by atoms with Gasteiger partial charge in [-0.1, -0.05) is 15.9 Å². The molecule has 1 N–H and O–H groups in total. The molecular weight excluding hydrogens is 376 g/mol. The maximum Gasteiger partial charge on any atom is 0.323 e. The number of likely N-dealkylation sites (tertiary alicyclic amines) is 1. The molecule has 6 nitrogen and oxygen atoms in total. The second kappa shape index (κ2) is 4.59. The van der Waals surface area contributed by atoms with Gasteiger partial charge < -0.3 is 10.0 Å². The zero-order valence-electron chi connectivity index (χ0n) is 12.6. The minimum absolute atomic E-state index is 0.170. The zero-order chi connectivity index (χ0) is 16.7. The molecule has 2 heterocycles. The van der Waals surface area contributed by atoms with Gasteiger partial charge in [0.2, 0.25) is 11.8 Å². The van der Waals surface area contributed by atoms with Crippen molar-refractivity contribution in [2.75, 3.05) is 11.4 Å². The van der Waals surface area contributed by atoms with E-state index in [1.807, 2.05) is 12.1 Å². The van der Waals surface area contributed by atoms with Crippen LogP contribution < -0.4 is 4.90 Å². The maximum atomic E-state index is 12.6. The second-order valence-corrected chi connectivity index (χ2v) is 8.05. The summed E-state index contributed by atoms with van der Waals surface area (Å²) < 4.78 is 1.02. The second-order valence-electron chi connectivity index (χ2n) is 7.14. The molecule has 2 bridgehead atoms. The van der Waals surface area contributed by atoms with E-state index < -0.39 is 12.5 Å². The number of benzene rings is 1. The van der Waals surface area contributed by atoms with Gasteiger partial charge in [-0.05, 0) is 42.5 Å². The minimum atomic E-state index is -1.13. The highest BCUT2D eigenvalue weighted by molar-refractivity contribution is 9.10. The van der Waals surface area contributed by atoms with E-state index in [9.17, 15) is 14.4 Å². The fourth-order valence-corrected chi connectivity index (χ4v) is 5.69. The molecule has 2 amide bonds. The number of carbonyl (C=O) groups is 3. The summed E-state index contributed by atoms with van der Waals surface area (Å²) in [6, 6.07) is 8.74. The van der Waals surface area contributed by atoms with E-state index in [0.29, 0.717) is 12.1 Å². The van der Waals surface area contributed by atoms with Gasteiger partial charge in [-0.25, -0.2) is 0 Å². The van der Waals surface area contributed by atoms with Crippen molar-refractivity contribution in [2.45, 2.75) is 18.5 Å². The lowest BCUT2D eigenvalue weighted by Crippen LogP contribution is -2.38. The molecule has 2 saturated heterocycles. The topological polar surface area (TPSA) is 77.7 Å². The van der Waals surface area contributed by atoms with Crippen LogP contribution in [0.5, 0.6) is 0 Å². The van der Waals surface area contributed by atoms with Crippen molar-refractivity contribution in [3.8, 4) is 0 Å². The summed E-state index contributed by atoms with van der Waals surface area (Å²) in [6.07, 6.45) is 0.913. The third kappa shape index (κ3) is 1.68. The average molecular weight is 391 g/mol. The van der Waals surface area contributed by atoms with Crippen LogP contribution in [-0.4, -0.2) is 46.4 Å². The van der Waals surface area contributed by atoms with Gasteiger partial charge in [0.1, 0.15) is 6.54 Å². The van der Waals surface area contributed by atoms with Gasteiger partial charge in [0.15, 0.2) is 0 Å². The number of halogens is 1. The molecule has 1 aromatic rings. The first-order valence-electron chi connectivity index (χ1n) is 8.10. The van der Waals surface area contributed by atoms with Crippen LogP contribution in [0.15, 0.2) is 28.7 Å². The molecule has 2 aliphatic carbocycles. The lowest BCUT2D eigenvalue weighted by molar-refractivity contribution is -0.150. The van der Waals surface area contributed by atoms with Gasteiger partial charge in [-0.2, -0.15) is 0 Å². The van der Waals surface area contributed by atoms with Crippen LogP contribution in [0.25, 0.3) is 0 Å². The predicted molar refractivity (Wildman–Crippen MR) is 87.1 cm³/mol. The Kier molecular flexibility index (Phi) is 2.77. The maximum absolute atomic E-state index is 12.6. The monoisotopic (exact) mass is 390 g/mol. The molecular formula is C17H15BrN2O4. The Bertz CT molecular complexity index is 745. The number of amides is 2. The highest BCUT2D eigenvalue weighted by Crippen LogP contribution is 2.66. The molecule has 4 fully saturated rings. The van der Waals surface area contributed by atoms with Gasteiger partial charge >= 0.3 is 5.97 Å². The molecule has 0 radical (unpaired) electrons. The van der Waals surface area contributed by atoms with Gasteiger partial charge in [-0.3, -0.25) is 19.3 Å². The number of aliphatic carboxylic acids is 1. The van der Waals surface area contributed by atoms with Crippen molar-refractivity contribution in [1.82, 2.24) is 4.90 Å². The predicted octanol–water partition coefficient (Wildman–Crippen LogP) is 1.34. The van der Waals surface area contributed by atoms with E-state index >= 15 is 0 Å². The van der Waals surface area contributed by atoms with Crippen molar-refractivity contribution in [3.63, 3.8) is 0 Å². The summed E-state index contributed by atoms with van der Waals surface area (Å²) in [5.41, 5.74) is 1.13. The molecule has 2 aliphatic heterocycles. The van der Waals surface area contributed by atoms with Gasteiger partial charge in [-0.15, -0.1) is 0 Å². The number of carbonyl (C=O) groups excluding carboxylic acids is 2. The standard InChI is InChI=1S/C17H15BrN2O4/c18-7-1-3-8(4-2-7)20-14-9-5-10(15(14)20)13-12(9)16(23)19(17(13)24)6-11(21)22/h1-4,9-10,12-15H,5-6H2,(H,21,22). The lowest BCUT2D eigenvalue weighted by Gasteiger charge is -2.19. The van der Waals surface area contributed by atoms with E-state index in [1.54, 1.807) is 0 Å². The van der Waals surface area contributed by atoms with Crippen LogP contribution in [0.1, 0.15) is 6.42 Å². The van der Waals surface area contributed by atoms with Gasteiger partial charge in [0.25, 0.3) is 0 Å². The Morgan fingerprint density at radius 1 is 1.08 bits per heavy atom. The fourth-order valence-electron chi connectivity index (χ4n) is 5.42. The van der Waals surface area contributed by atoms with Crippen LogP contribution in [0.3, 0.4) is 0 Å². The SMILES string of the molecule is O=C(O)CN1C(=O)C2C3CC(C2C1=O)C1C3N1c1ccc(Br)cc1. The molecule has 1 aromatic carbocycles. The molecule has 4 aliphatic rings. The fraction of sp³-hybridized carbons (Fsp3) is 0.471. The molecule has 6 atom stereocenters. The van der Waals surface area contributed by atoms with Crippen molar-refractivity contribution in [3.05, 3.63) is 28.7 Å². The molecule has 6 unspecified atom stereocenters. The largest absolute Gasteiger partial charge is 0.480 e. The number of fused-ring (bicyclic) bond motifs is 8. The van der Waals surface area contributed by atoms with Crippen LogP contribution in [0, 0.1) is 23.7 Å². The zero-order valence-corrected chi connectivity index (χ0v) is 14.2. The van der Waals surface area contributed by atoms with Gasteiger partial charge in [0.05, 0.1) is 23.9 Å². The number of hydrogen-bond acceptors (Lipinski definition) is 4. The van der Waals surface area contributed by atoms with E-state index in [0.717, 1.165) is 21.5 Å². The number of anilines is 1. The molecule has 24 heavy (non-hydrogen) atoms. The van der Waals surface area contributed by atoms with Crippen LogP contribution >= 0.6 is 15.9 Å². The molecule has 5 rings (SSSR count). The van der Waals surface area contributed by atoms with Crippen molar-refractivity contribution in [1.29, 1.82) is 0 Å². The first-order chi connectivity index (χ1) is 11.5. The Hall–Kier alpha value is -1.89. The third-order valence-corrected chi connectivity index (χ3v) is 6.68. The third-order valence-electron chi connectivity index (χ3n) is 6.15. The number of hydrogen-bond donors (Lipinski definition) is 1. The molecule has 0 aromatic heterocycles. The summed E-state index contributed by atoms with van der Waals surface area (Å²) >= 11 is 3.43. The first kappa shape index (κ1) is 14.5. The summed E-state index contributed by atoms with van der Waals surface area (Å²) in [7, 11) is 0. The molecule has 7 heteroatoms. The number of imide groups is 1.